The Bertz CT molecular complexity index is 1090. The van der Waals surface area contributed by atoms with Gasteiger partial charge in [0, 0.05) is 25.0 Å². The zero-order valence-corrected chi connectivity index (χ0v) is 20.0. The summed E-state index contributed by atoms with van der Waals surface area (Å²) in [7, 11) is 0. The number of rotatable bonds is 5. The highest BCUT2D eigenvalue weighted by Gasteiger charge is 2.49. The first kappa shape index (κ1) is 23.4. The Kier molecular flexibility index (Phi) is 6.26. The molecule has 0 radical (unpaired) electrons. The number of alkyl carbamates (subject to hydrolysis) is 1. The van der Waals surface area contributed by atoms with Gasteiger partial charge >= 0.3 is 12.1 Å². The standard InChI is InChI=1S/C28H32N2O5/c1-28(26(32)33)16-30(17-28)25(31)22-13-3-2-4-14-24(22)29-27(34)35-15-23-20-11-7-5-9-18(20)19-10-6-8-12-21(19)23/h5-12,22-24H,2-4,13-17H2,1H3,(H,29,34)(H,32,33)/t22-,24+/m0/s1. The number of benzene rings is 2. The molecule has 0 unspecified atom stereocenters. The molecule has 0 aromatic heterocycles. The number of carboxylic acids is 1. The minimum absolute atomic E-state index is 0.0190. The summed E-state index contributed by atoms with van der Waals surface area (Å²) in [5, 5.41) is 12.4. The second kappa shape index (κ2) is 9.36. The van der Waals surface area contributed by atoms with Crippen molar-refractivity contribution in [3.05, 3.63) is 59.7 Å². The molecule has 7 nitrogen and oxygen atoms in total. The quantitative estimate of drug-likeness (QED) is 0.624. The monoisotopic (exact) mass is 476 g/mol. The van der Waals surface area contributed by atoms with Crippen molar-refractivity contribution in [1.82, 2.24) is 10.2 Å². The number of ether oxygens (including phenoxy) is 1. The molecule has 2 atom stereocenters. The second-order valence-electron chi connectivity index (χ2n) is 10.4. The molecule has 2 aromatic carbocycles. The molecule has 184 valence electrons. The van der Waals surface area contributed by atoms with Crippen LogP contribution in [0.3, 0.4) is 0 Å². The topological polar surface area (TPSA) is 95.9 Å². The molecule has 0 spiro atoms. The zero-order chi connectivity index (χ0) is 24.6. The molecular formula is C28H32N2O5. The lowest BCUT2D eigenvalue weighted by molar-refractivity contribution is -0.166. The lowest BCUT2D eigenvalue weighted by atomic mass is 9.80. The molecule has 1 saturated carbocycles. The van der Waals surface area contributed by atoms with Crippen molar-refractivity contribution in [3.63, 3.8) is 0 Å². The van der Waals surface area contributed by atoms with Gasteiger partial charge in [-0.3, -0.25) is 9.59 Å². The predicted octanol–water partition coefficient (Wildman–Crippen LogP) is 4.41. The Hall–Kier alpha value is -3.35. The van der Waals surface area contributed by atoms with Gasteiger partial charge in [0.1, 0.15) is 6.61 Å². The van der Waals surface area contributed by atoms with Gasteiger partial charge in [-0.05, 0) is 42.0 Å². The van der Waals surface area contributed by atoms with E-state index < -0.39 is 17.5 Å². The largest absolute Gasteiger partial charge is 0.481 e. The van der Waals surface area contributed by atoms with Crippen molar-refractivity contribution in [1.29, 1.82) is 0 Å². The van der Waals surface area contributed by atoms with Gasteiger partial charge in [0.15, 0.2) is 0 Å². The Balaban J connectivity index is 1.23. The number of likely N-dealkylation sites (tertiary alicyclic amines) is 1. The first-order chi connectivity index (χ1) is 16.9. The van der Waals surface area contributed by atoms with E-state index in [0.717, 1.165) is 30.4 Å². The van der Waals surface area contributed by atoms with Crippen LogP contribution in [0.1, 0.15) is 56.1 Å². The maximum absolute atomic E-state index is 13.2. The average Bonchev–Trinajstić information content (AvgIpc) is 2.96. The fourth-order valence-corrected chi connectivity index (χ4v) is 5.89. The molecule has 1 heterocycles. The fourth-order valence-electron chi connectivity index (χ4n) is 5.89. The van der Waals surface area contributed by atoms with Gasteiger partial charge in [-0.2, -0.15) is 0 Å². The number of hydrogen-bond acceptors (Lipinski definition) is 4. The summed E-state index contributed by atoms with van der Waals surface area (Å²) in [6, 6.07) is 16.1. The first-order valence-corrected chi connectivity index (χ1v) is 12.5. The molecule has 1 saturated heterocycles. The van der Waals surface area contributed by atoms with Crippen molar-refractivity contribution in [3.8, 4) is 11.1 Å². The molecule has 2 fully saturated rings. The van der Waals surface area contributed by atoms with Crippen molar-refractivity contribution >= 4 is 18.0 Å². The third-order valence-corrected chi connectivity index (χ3v) is 7.89. The Labute approximate surface area is 205 Å². The van der Waals surface area contributed by atoms with E-state index in [1.54, 1.807) is 11.8 Å². The van der Waals surface area contributed by atoms with Crippen LogP contribution in [0.4, 0.5) is 4.79 Å². The lowest BCUT2D eigenvalue weighted by Gasteiger charge is -2.46. The molecule has 7 heteroatoms. The van der Waals surface area contributed by atoms with Crippen molar-refractivity contribution < 1.29 is 24.2 Å². The zero-order valence-electron chi connectivity index (χ0n) is 20.0. The summed E-state index contributed by atoms with van der Waals surface area (Å²) in [6.07, 6.45) is 3.77. The lowest BCUT2D eigenvalue weighted by Crippen LogP contribution is -2.63. The molecule has 2 aromatic rings. The number of amides is 2. The maximum Gasteiger partial charge on any atom is 0.407 e. The smallest absolute Gasteiger partial charge is 0.407 e. The molecule has 0 bridgehead atoms. The number of nitrogens with zero attached hydrogens (tertiary/aromatic N) is 1. The molecule has 5 rings (SSSR count). The summed E-state index contributed by atoms with van der Waals surface area (Å²) in [5.74, 6) is -1.31. The molecule has 1 aliphatic heterocycles. The number of hydrogen-bond donors (Lipinski definition) is 2. The SMILES string of the molecule is CC1(C(=O)O)CN(C(=O)[C@H]2CCCCC[C@H]2NC(=O)OCC2c3ccccc3-c3ccccc32)C1. The number of carboxylic acid groups (broad SMARTS) is 1. The van der Waals surface area contributed by atoms with Crippen LogP contribution >= 0.6 is 0 Å². The molecule has 2 amide bonds. The van der Waals surface area contributed by atoms with Crippen LogP contribution in [0, 0.1) is 11.3 Å². The number of aliphatic carboxylic acids is 1. The molecule has 2 N–H and O–H groups in total. The van der Waals surface area contributed by atoms with Gasteiger partial charge in [0.05, 0.1) is 11.3 Å². The van der Waals surface area contributed by atoms with Crippen LogP contribution in [-0.4, -0.2) is 53.7 Å². The van der Waals surface area contributed by atoms with E-state index in [2.05, 4.69) is 29.6 Å². The van der Waals surface area contributed by atoms with Crippen LogP contribution in [0.5, 0.6) is 0 Å². The van der Waals surface area contributed by atoms with Crippen molar-refractivity contribution in [2.24, 2.45) is 11.3 Å². The van der Waals surface area contributed by atoms with Crippen LogP contribution in [0.2, 0.25) is 0 Å². The minimum Gasteiger partial charge on any atom is -0.481 e. The maximum atomic E-state index is 13.2. The van der Waals surface area contributed by atoms with Gasteiger partial charge in [-0.25, -0.2) is 4.79 Å². The Morgan fingerprint density at radius 2 is 1.57 bits per heavy atom. The highest BCUT2D eigenvalue weighted by molar-refractivity contribution is 5.85. The molecule has 3 aliphatic rings. The summed E-state index contributed by atoms with van der Waals surface area (Å²) in [6.45, 7) is 2.33. The number of carbonyl (C=O) groups excluding carboxylic acids is 2. The summed E-state index contributed by atoms with van der Waals surface area (Å²) in [5.41, 5.74) is 3.78. The second-order valence-corrected chi connectivity index (χ2v) is 10.4. The fraction of sp³-hybridized carbons (Fsp3) is 0.464. The Morgan fingerprint density at radius 3 is 2.20 bits per heavy atom. The van der Waals surface area contributed by atoms with Crippen LogP contribution < -0.4 is 5.32 Å². The van der Waals surface area contributed by atoms with E-state index in [4.69, 9.17) is 4.74 Å². The molecule has 2 aliphatic carbocycles. The van der Waals surface area contributed by atoms with E-state index in [-0.39, 0.29) is 43.5 Å². The van der Waals surface area contributed by atoms with Gasteiger partial charge < -0.3 is 20.1 Å². The van der Waals surface area contributed by atoms with Gasteiger partial charge in [-0.1, -0.05) is 67.8 Å². The van der Waals surface area contributed by atoms with Gasteiger partial charge in [0.2, 0.25) is 5.91 Å². The predicted molar refractivity (Wildman–Crippen MR) is 131 cm³/mol. The normalized spacial score (nSPS) is 22.8. The Morgan fingerprint density at radius 1 is 0.971 bits per heavy atom. The van der Waals surface area contributed by atoms with Crippen LogP contribution in [0.15, 0.2) is 48.5 Å². The number of fused-ring (bicyclic) bond motifs is 3. The number of carbonyl (C=O) groups is 3. The van der Waals surface area contributed by atoms with E-state index >= 15 is 0 Å². The average molecular weight is 477 g/mol. The molecular weight excluding hydrogens is 444 g/mol. The van der Waals surface area contributed by atoms with Crippen molar-refractivity contribution in [2.75, 3.05) is 19.7 Å². The van der Waals surface area contributed by atoms with Gasteiger partial charge in [-0.15, -0.1) is 0 Å². The highest BCUT2D eigenvalue weighted by Crippen LogP contribution is 2.44. The van der Waals surface area contributed by atoms with E-state index in [1.165, 1.54) is 11.1 Å². The van der Waals surface area contributed by atoms with E-state index in [0.29, 0.717) is 12.8 Å². The summed E-state index contributed by atoms with van der Waals surface area (Å²) < 4.78 is 5.72. The van der Waals surface area contributed by atoms with Crippen molar-refractivity contribution in [2.45, 2.75) is 51.0 Å². The highest BCUT2D eigenvalue weighted by atomic mass is 16.5. The minimum atomic E-state index is -0.879. The van der Waals surface area contributed by atoms with Gasteiger partial charge in [0.25, 0.3) is 0 Å². The third kappa shape index (κ3) is 4.40. The van der Waals surface area contributed by atoms with Crippen LogP contribution in [0.25, 0.3) is 11.1 Å². The number of nitrogens with one attached hydrogen (secondary N) is 1. The van der Waals surface area contributed by atoms with E-state index in [1.807, 2.05) is 24.3 Å². The van der Waals surface area contributed by atoms with E-state index in [9.17, 15) is 19.5 Å². The third-order valence-electron chi connectivity index (χ3n) is 7.89. The van der Waals surface area contributed by atoms with Crippen LogP contribution in [-0.2, 0) is 14.3 Å². The summed E-state index contributed by atoms with van der Waals surface area (Å²) >= 11 is 0. The molecule has 35 heavy (non-hydrogen) atoms. The summed E-state index contributed by atoms with van der Waals surface area (Å²) in [4.78, 5) is 39.2. The first-order valence-electron chi connectivity index (χ1n) is 12.5.